The van der Waals surface area contributed by atoms with Crippen molar-refractivity contribution in [2.24, 2.45) is 5.92 Å². The summed E-state index contributed by atoms with van der Waals surface area (Å²) < 4.78 is 43.0. The first kappa shape index (κ1) is 12.5. The Hall–Kier alpha value is -0.580. The molecule has 0 heterocycles. The second kappa shape index (κ2) is 4.12. The van der Waals surface area contributed by atoms with Gasteiger partial charge in [-0.3, -0.25) is 4.79 Å². The van der Waals surface area contributed by atoms with Gasteiger partial charge in [-0.05, 0) is 25.7 Å². The zero-order chi connectivity index (χ0) is 11.7. The maximum atomic E-state index is 12.8. The smallest absolute Gasteiger partial charge is 0.369 e. The fourth-order valence-corrected chi connectivity index (χ4v) is 2.00. The highest BCUT2D eigenvalue weighted by molar-refractivity contribution is 5.79. The van der Waals surface area contributed by atoms with Crippen LogP contribution in [0.25, 0.3) is 0 Å². The van der Waals surface area contributed by atoms with E-state index in [4.69, 9.17) is 0 Å². The molecule has 1 saturated carbocycles. The summed E-state index contributed by atoms with van der Waals surface area (Å²) in [5.41, 5.74) is -2.12. The minimum Gasteiger partial charge on any atom is -0.369 e. The Bertz CT molecular complexity index is 240. The van der Waals surface area contributed by atoms with Crippen molar-refractivity contribution in [3.8, 4) is 0 Å². The molecule has 0 radical (unpaired) electrons. The van der Waals surface area contributed by atoms with E-state index in [0.29, 0.717) is 0 Å². The molecule has 1 atom stereocenters. The third-order valence-electron chi connectivity index (χ3n) is 3.31. The molecule has 0 spiro atoms. The van der Waals surface area contributed by atoms with Crippen molar-refractivity contribution in [2.45, 2.75) is 44.4 Å². The Morgan fingerprint density at radius 1 is 1.27 bits per heavy atom. The molecule has 0 aromatic heterocycles. The van der Waals surface area contributed by atoms with Gasteiger partial charge in [-0.1, -0.05) is 0 Å². The normalized spacial score (nSPS) is 23.9. The van der Waals surface area contributed by atoms with Gasteiger partial charge < -0.3 is 4.74 Å². The topological polar surface area (TPSA) is 26.3 Å². The first-order valence-corrected chi connectivity index (χ1v) is 4.95. The molecule has 1 aliphatic rings. The summed E-state index contributed by atoms with van der Waals surface area (Å²) in [4.78, 5) is 11.0. The lowest BCUT2D eigenvalue weighted by molar-refractivity contribution is -0.284. The van der Waals surface area contributed by atoms with E-state index < -0.39 is 17.7 Å². The van der Waals surface area contributed by atoms with Crippen LogP contribution in [0.1, 0.15) is 32.6 Å². The number of ether oxygens (including phenoxy) is 1. The summed E-state index contributed by atoms with van der Waals surface area (Å²) in [6.07, 6.45) is -3.38. The average Bonchev–Trinajstić information content (AvgIpc) is 2.16. The highest BCUT2D eigenvalue weighted by atomic mass is 19.4. The molecule has 0 N–H and O–H groups in total. The van der Waals surface area contributed by atoms with Crippen molar-refractivity contribution in [1.29, 1.82) is 0 Å². The summed E-state index contributed by atoms with van der Waals surface area (Å²) >= 11 is 0. The van der Waals surface area contributed by atoms with Crippen LogP contribution in [0.2, 0.25) is 0 Å². The number of alkyl halides is 3. The van der Waals surface area contributed by atoms with Gasteiger partial charge in [-0.15, -0.1) is 0 Å². The molecule has 0 aromatic carbocycles. The molecule has 0 aliphatic heterocycles. The summed E-state index contributed by atoms with van der Waals surface area (Å²) in [7, 11) is 1.07. The van der Waals surface area contributed by atoms with E-state index in [-0.39, 0.29) is 31.5 Å². The fourth-order valence-electron chi connectivity index (χ4n) is 2.00. The maximum absolute atomic E-state index is 12.8. The Labute approximate surface area is 86.8 Å². The predicted molar refractivity (Wildman–Crippen MR) is 48.4 cm³/mol. The highest BCUT2D eigenvalue weighted by Gasteiger charge is 2.56. The molecule has 0 amide bonds. The molecule has 1 rings (SSSR count). The molecule has 2 nitrogen and oxygen atoms in total. The first-order chi connectivity index (χ1) is 6.81. The van der Waals surface area contributed by atoms with Crippen molar-refractivity contribution >= 4 is 5.78 Å². The number of carbonyl (C=O) groups is 1. The number of ketones is 1. The van der Waals surface area contributed by atoms with Crippen molar-refractivity contribution in [3.63, 3.8) is 0 Å². The monoisotopic (exact) mass is 224 g/mol. The zero-order valence-electron chi connectivity index (χ0n) is 8.86. The van der Waals surface area contributed by atoms with Crippen LogP contribution in [0.3, 0.4) is 0 Å². The lowest BCUT2D eigenvalue weighted by atomic mass is 9.77. The van der Waals surface area contributed by atoms with Gasteiger partial charge in [0, 0.05) is 20.0 Å². The third-order valence-corrected chi connectivity index (χ3v) is 3.31. The van der Waals surface area contributed by atoms with E-state index in [1.54, 1.807) is 0 Å². The van der Waals surface area contributed by atoms with Crippen LogP contribution in [0.5, 0.6) is 0 Å². The lowest BCUT2D eigenvalue weighted by Gasteiger charge is -2.39. The van der Waals surface area contributed by atoms with Crippen LogP contribution < -0.4 is 0 Å². The third kappa shape index (κ3) is 2.33. The molecule has 1 unspecified atom stereocenters. The first-order valence-electron chi connectivity index (χ1n) is 4.95. The van der Waals surface area contributed by atoms with E-state index in [1.165, 1.54) is 0 Å². The molecule has 0 saturated heterocycles. The van der Waals surface area contributed by atoms with Crippen LogP contribution in [0.15, 0.2) is 0 Å². The van der Waals surface area contributed by atoms with Crippen molar-refractivity contribution in [2.75, 3.05) is 7.11 Å². The van der Waals surface area contributed by atoms with Crippen LogP contribution in [0.4, 0.5) is 13.2 Å². The quantitative estimate of drug-likeness (QED) is 0.720. The number of carbonyl (C=O) groups excluding carboxylic acids is 1. The summed E-state index contributed by atoms with van der Waals surface area (Å²) in [5.74, 6) is -0.563. The van der Waals surface area contributed by atoms with E-state index in [1.807, 2.05) is 0 Å². The number of hydrogen-bond acceptors (Lipinski definition) is 2. The predicted octanol–water partition coefficient (Wildman–Crippen LogP) is 2.71. The van der Waals surface area contributed by atoms with Gasteiger partial charge in [-0.25, -0.2) is 0 Å². The Kier molecular flexibility index (Phi) is 3.43. The second-order valence-corrected chi connectivity index (χ2v) is 4.12. The van der Waals surface area contributed by atoms with Crippen LogP contribution in [0, 0.1) is 5.92 Å². The van der Waals surface area contributed by atoms with E-state index in [2.05, 4.69) is 4.74 Å². The fraction of sp³-hybridized carbons (Fsp3) is 0.900. The summed E-state index contributed by atoms with van der Waals surface area (Å²) in [5, 5.41) is 0. The second-order valence-electron chi connectivity index (χ2n) is 4.12. The summed E-state index contributed by atoms with van der Waals surface area (Å²) in [6, 6.07) is 0. The zero-order valence-corrected chi connectivity index (χ0v) is 8.86. The van der Waals surface area contributed by atoms with Gasteiger partial charge in [0.15, 0.2) is 5.60 Å². The maximum Gasteiger partial charge on any atom is 0.417 e. The average molecular weight is 224 g/mol. The standard InChI is InChI=1S/C10H15F3O2/c1-9(15-2,10(11,12)13)7-3-5-8(14)6-4-7/h7H,3-6H2,1-2H3. The number of Topliss-reactive ketones (excluding diaryl/α,β-unsaturated/α-hetero) is 1. The van der Waals surface area contributed by atoms with Crippen molar-refractivity contribution in [1.82, 2.24) is 0 Å². The minimum absolute atomic E-state index is 0.0480. The SMILES string of the molecule is COC(C)(C1CCC(=O)CC1)C(F)(F)F. The number of methoxy groups -OCH3 is 1. The van der Waals surface area contributed by atoms with Crippen LogP contribution in [-0.4, -0.2) is 24.7 Å². The van der Waals surface area contributed by atoms with E-state index >= 15 is 0 Å². The van der Waals surface area contributed by atoms with Gasteiger partial charge in [0.2, 0.25) is 0 Å². The van der Waals surface area contributed by atoms with Gasteiger partial charge in [-0.2, -0.15) is 13.2 Å². The molecule has 5 heteroatoms. The summed E-state index contributed by atoms with van der Waals surface area (Å²) in [6.45, 7) is 1.06. The van der Waals surface area contributed by atoms with Crippen molar-refractivity contribution in [3.05, 3.63) is 0 Å². The number of hydrogen-bond donors (Lipinski definition) is 0. The Balaban J connectivity index is 2.79. The Morgan fingerprint density at radius 3 is 2.07 bits per heavy atom. The van der Waals surface area contributed by atoms with E-state index in [9.17, 15) is 18.0 Å². The molecular weight excluding hydrogens is 209 g/mol. The number of rotatable bonds is 2. The van der Waals surface area contributed by atoms with Gasteiger partial charge in [0.25, 0.3) is 0 Å². The molecule has 88 valence electrons. The highest BCUT2D eigenvalue weighted by Crippen LogP contribution is 2.44. The van der Waals surface area contributed by atoms with Gasteiger partial charge in [0.05, 0.1) is 0 Å². The minimum atomic E-state index is -4.38. The van der Waals surface area contributed by atoms with Crippen LogP contribution in [-0.2, 0) is 9.53 Å². The molecule has 1 fully saturated rings. The number of halogens is 3. The molecule has 1 aliphatic carbocycles. The molecule has 0 bridgehead atoms. The lowest BCUT2D eigenvalue weighted by Crippen LogP contribution is -2.51. The largest absolute Gasteiger partial charge is 0.417 e. The molecule has 0 aromatic rings. The Morgan fingerprint density at radius 2 is 1.73 bits per heavy atom. The van der Waals surface area contributed by atoms with Crippen LogP contribution >= 0.6 is 0 Å². The molecule has 15 heavy (non-hydrogen) atoms. The van der Waals surface area contributed by atoms with Crippen molar-refractivity contribution < 1.29 is 22.7 Å². The van der Waals surface area contributed by atoms with Gasteiger partial charge in [0.1, 0.15) is 5.78 Å². The van der Waals surface area contributed by atoms with Gasteiger partial charge >= 0.3 is 6.18 Å². The molecular formula is C10H15F3O2. The van der Waals surface area contributed by atoms with E-state index in [0.717, 1.165) is 14.0 Å².